The molecule has 0 spiro atoms. The summed E-state index contributed by atoms with van der Waals surface area (Å²) in [4.78, 5) is 38.1. The van der Waals surface area contributed by atoms with Crippen LogP contribution in [0.25, 0.3) is 27.6 Å². The van der Waals surface area contributed by atoms with E-state index < -0.39 is 87.7 Å². The number of hydrogen-bond donors (Lipinski definition) is 2. The quantitative estimate of drug-likeness (QED) is 0.115. The van der Waals surface area contributed by atoms with Gasteiger partial charge in [0.15, 0.2) is 11.5 Å². The number of nitrogens with one attached hydrogen (secondary N) is 2. The Morgan fingerprint density at radius 2 is 1.80 bits per heavy atom. The summed E-state index contributed by atoms with van der Waals surface area (Å²) in [6.07, 6.45) is 0.165. The number of hydrogen-bond acceptors (Lipinski definition) is 9. The van der Waals surface area contributed by atoms with Gasteiger partial charge in [-0.25, -0.2) is 31.0 Å². The summed E-state index contributed by atoms with van der Waals surface area (Å²) >= 11 is 6.61. The minimum Gasteiger partial charge on any atom is -0.478 e. The molecule has 22 heteroatoms. The lowest BCUT2D eigenvalue weighted by Crippen LogP contribution is -2.38. The Morgan fingerprint density at radius 3 is 2.49 bits per heavy atom. The molecule has 0 bridgehead atoms. The molecule has 3 aliphatic rings. The maximum atomic E-state index is 15.5. The van der Waals surface area contributed by atoms with Crippen LogP contribution in [-0.4, -0.2) is 61.3 Å². The van der Waals surface area contributed by atoms with Gasteiger partial charge in [-0.05, 0) is 60.6 Å². The second-order valence-corrected chi connectivity index (χ2v) is 17.8. The minimum absolute atomic E-state index is 0.00318. The number of nitrogens with zero attached hydrogens (tertiary/aromatic N) is 7. The van der Waals surface area contributed by atoms with Crippen LogP contribution in [0, 0.1) is 23.5 Å². The van der Waals surface area contributed by atoms with Gasteiger partial charge in [0.1, 0.15) is 35.4 Å². The first-order chi connectivity index (χ1) is 28.9. The van der Waals surface area contributed by atoms with E-state index in [0.717, 1.165) is 42.2 Å². The number of anilines is 1. The number of aryl methyl sites for hydroxylation is 1. The zero-order valence-corrected chi connectivity index (χ0v) is 33.7. The number of carbonyl (C=O) groups is 1. The summed E-state index contributed by atoms with van der Waals surface area (Å²) < 4.78 is 124. The van der Waals surface area contributed by atoms with Crippen LogP contribution in [0.5, 0.6) is 5.88 Å². The minimum atomic E-state index is -3.91. The van der Waals surface area contributed by atoms with Crippen molar-refractivity contribution in [3.8, 4) is 11.6 Å². The maximum Gasteiger partial charge on any atom is 0.293 e. The first-order valence-electron chi connectivity index (χ1n) is 19.1. The normalized spacial score (nSPS) is 18.4. The highest BCUT2D eigenvalue weighted by Gasteiger charge is 2.67. The van der Waals surface area contributed by atoms with Crippen molar-refractivity contribution in [2.45, 2.75) is 63.0 Å². The number of sulfonamides is 1. The molecule has 4 heterocycles. The molecule has 2 fully saturated rings. The van der Waals surface area contributed by atoms with Crippen LogP contribution >= 0.6 is 11.6 Å². The van der Waals surface area contributed by atoms with Gasteiger partial charge in [-0.1, -0.05) is 24.4 Å². The van der Waals surface area contributed by atoms with Gasteiger partial charge in [-0.2, -0.15) is 24.0 Å². The predicted octanol–water partition coefficient (Wildman–Crippen LogP) is 6.59. The molecule has 0 saturated heterocycles. The van der Waals surface area contributed by atoms with Gasteiger partial charge < -0.3 is 10.1 Å². The predicted molar refractivity (Wildman–Crippen MR) is 209 cm³/mol. The zero-order chi connectivity index (χ0) is 43.3. The van der Waals surface area contributed by atoms with E-state index in [9.17, 15) is 35.6 Å². The molecule has 0 aliphatic heterocycles. The summed E-state index contributed by atoms with van der Waals surface area (Å²) in [5, 5.41) is 10.7. The lowest BCUT2D eigenvalue weighted by Gasteiger charge is -2.24. The number of carbonyl (C=O) groups excluding carboxylic acids is 1. The van der Waals surface area contributed by atoms with Crippen LogP contribution in [-0.2, 0) is 40.8 Å². The Morgan fingerprint density at radius 1 is 1.07 bits per heavy atom. The van der Waals surface area contributed by atoms with Gasteiger partial charge in [-0.15, -0.1) is 0 Å². The molecule has 2 aromatic carbocycles. The fraction of sp³-hybridized carbons (Fsp3) is 0.385. The van der Waals surface area contributed by atoms with Crippen LogP contribution in [0.4, 0.5) is 32.2 Å². The van der Waals surface area contributed by atoms with E-state index in [4.69, 9.17) is 21.3 Å². The Hall–Kier alpha value is -5.70. The van der Waals surface area contributed by atoms with Gasteiger partial charge in [-0.3, -0.25) is 28.2 Å². The Kier molecular flexibility index (Phi) is 9.83. The first kappa shape index (κ1) is 40.7. The summed E-state index contributed by atoms with van der Waals surface area (Å²) in [5.41, 5.74) is -2.81. The SMILES string of the molecule is Cn1nc(NS(C)(=O)=O)c2c(Cl)ccc(-n3c([C@H](Cc4cc(F)cc(F)c4)NC(=O)Cn4nc(C(F)F)c5c4C(F)(F)[C@@H]4C[C@H]54)nc4nc(OCCC5CC5)ccc4c3=O)c21. The molecular weight excluding hydrogens is 856 g/mol. The molecule has 3 aliphatic carbocycles. The first-order valence-corrected chi connectivity index (χ1v) is 21.4. The molecule has 1 amide bonds. The van der Waals surface area contributed by atoms with Crippen molar-refractivity contribution >= 4 is 55.3 Å². The van der Waals surface area contributed by atoms with Crippen molar-refractivity contribution in [1.29, 1.82) is 0 Å². The molecule has 61 heavy (non-hydrogen) atoms. The largest absolute Gasteiger partial charge is 0.478 e. The van der Waals surface area contributed by atoms with Crippen LogP contribution in [0.2, 0.25) is 5.02 Å². The number of pyridine rings is 1. The third kappa shape index (κ3) is 7.55. The van der Waals surface area contributed by atoms with E-state index in [1.54, 1.807) is 0 Å². The summed E-state index contributed by atoms with van der Waals surface area (Å²) in [5.74, 6) is -8.43. The molecule has 14 nitrogen and oxygen atoms in total. The van der Waals surface area contributed by atoms with E-state index in [0.29, 0.717) is 23.3 Å². The van der Waals surface area contributed by atoms with Gasteiger partial charge in [0.2, 0.25) is 21.8 Å². The Bertz CT molecular complexity index is 2950. The molecular formula is C39H34ClF6N9O5S. The van der Waals surface area contributed by atoms with Crippen molar-refractivity contribution < 1.29 is 44.3 Å². The summed E-state index contributed by atoms with van der Waals surface area (Å²) in [6, 6.07) is 6.71. The van der Waals surface area contributed by atoms with Crippen LogP contribution in [0.15, 0.2) is 47.3 Å². The second kappa shape index (κ2) is 14.7. The van der Waals surface area contributed by atoms with E-state index >= 15 is 8.78 Å². The molecule has 9 rings (SSSR count). The average Bonchev–Trinajstić information content (AvgIpc) is 4.08. The van der Waals surface area contributed by atoms with E-state index in [1.165, 1.54) is 36.0 Å². The van der Waals surface area contributed by atoms with Crippen LogP contribution in [0.1, 0.15) is 72.4 Å². The highest BCUT2D eigenvalue weighted by molar-refractivity contribution is 7.92. The van der Waals surface area contributed by atoms with Gasteiger partial charge >= 0.3 is 0 Å². The average molecular weight is 890 g/mol. The van der Waals surface area contributed by atoms with Crippen molar-refractivity contribution in [1.82, 2.24) is 39.4 Å². The topological polar surface area (TPSA) is 168 Å². The lowest BCUT2D eigenvalue weighted by atomic mass is 10.0. The number of amides is 1. The lowest BCUT2D eigenvalue weighted by molar-refractivity contribution is -0.123. The summed E-state index contributed by atoms with van der Waals surface area (Å²) in [6.45, 7) is -0.657. The highest BCUT2D eigenvalue weighted by atomic mass is 35.5. The van der Waals surface area contributed by atoms with Crippen LogP contribution < -0.4 is 20.3 Å². The number of halogens is 7. The molecule has 0 radical (unpaired) electrons. The van der Waals surface area contributed by atoms with Crippen LogP contribution in [0.3, 0.4) is 0 Å². The van der Waals surface area contributed by atoms with Crippen molar-refractivity contribution in [3.63, 3.8) is 0 Å². The summed E-state index contributed by atoms with van der Waals surface area (Å²) in [7, 11) is -2.46. The fourth-order valence-corrected chi connectivity index (χ4v) is 9.00. The Balaban J connectivity index is 1.22. The van der Waals surface area contributed by atoms with Crippen molar-refractivity contribution in [3.05, 3.63) is 97.8 Å². The number of ether oxygens (including phenoxy) is 1. The monoisotopic (exact) mass is 889 g/mol. The molecule has 2 saturated carbocycles. The second-order valence-electron chi connectivity index (χ2n) is 15.6. The molecule has 320 valence electrons. The third-order valence-electron chi connectivity index (χ3n) is 11.1. The van der Waals surface area contributed by atoms with E-state index in [2.05, 4.69) is 25.2 Å². The highest BCUT2D eigenvalue weighted by Crippen LogP contribution is 2.68. The molecule has 2 N–H and O–H groups in total. The number of alkyl halides is 4. The zero-order valence-electron chi connectivity index (χ0n) is 32.1. The molecule has 4 aromatic heterocycles. The fourth-order valence-electron chi connectivity index (χ4n) is 8.26. The molecule has 6 aromatic rings. The van der Waals surface area contributed by atoms with Gasteiger partial charge in [0, 0.05) is 37.1 Å². The number of rotatable bonds is 14. The van der Waals surface area contributed by atoms with E-state index in [1.807, 2.05) is 0 Å². The maximum absolute atomic E-state index is 15.5. The standard InChI is InChI=1S/C39H34ClF6N9O5S/c1-53-32-26(7-6-24(40)30(32)36(51-53)52-61(2,58)59)55-37(49-35-21(38(55)57)5-8-28(48-35)60-10-9-17-3-4-17)25(13-18-11-19(41)14-20(42)12-18)47-27(56)16-54-33-29(31(50-54)34(43)44)22-15-23(22)39(33,45)46/h5-8,11-12,14,17,22-23,25,34H,3-4,9-10,13,15-16H2,1-2H3,(H,47,56)(H,51,52)/t22-,23+,25-/m0/s1. The third-order valence-corrected chi connectivity index (χ3v) is 12.0. The van der Waals surface area contributed by atoms with Gasteiger partial charge in [0.05, 0.1) is 45.9 Å². The van der Waals surface area contributed by atoms with E-state index in [-0.39, 0.29) is 67.7 Å². The van der Waals surface area contributed by atoms with Crippen molar-refractivity contribution in [2.24, 2.45) is 18.9 Å². The number of benzene rings is 2. The Labute approximate surface area is 346 Å². The molecule has 3 atom stereocenters. The van der Waals surface area contributed by atoms with Crippen molar-refractivity contribution in [2.75, 3.05) is 17.6 Å². The number of fused-ring (bicyclic) bond motifs is 5. The molecule has 0 unspecified atom stereocenters. The van der Waals surface area contributed by atoms with Gasteiger partial charge in [0.25, 0.3) is 17.9 Å². The smallest absolute Gasteiger partial charge is 0.293 e. The number of aromatic nitrogens is 7.